The van der Waals surface area contributed by atoms with Crippen molar-refractivity contribution < 1.29 is 27.6 Å². The van der Waals surface area contributed by atoms with E-state index in [1.54, 1.807) is 48.5 Å². The van der Waals surface area contributed by atoms with Gasteiger partial charge in [-0.3, -0.25) is 14.9 Å². The Balaban J connectivity index is 1.60. The van der Waals surface area contributed by atoms with Gasteiger partial charge in [-0.2, -0.15) is 22.9 Å². The van der Waals surface area contributed by atoms with Crippen LogP contribution in [0.2, 0.25) is 0 Å². The first kappa shape index (κ1) is 29.5. The zero-order valence-corrected chi connectivity index (χ0v) is 23.8. The molecule has 5 rings (SSSR count). The van der Waals surface area contributed by atoms with E-state index >= 15 is 0 Å². The number of hydrogen-bond donors (Lipinski definition) is 0. The van der Waals surface area contributed by atoms with Crippen molar-refractivity contribution in [1.29, 1.82) is 0 Å². The maximum atomic E-state index is 13.6. The first-order chi connectivity index (χ1) is 20.5. The Kier molecular flexibility index (Phi) is 8.26. The number of nitrogens with zero attached hydrogens (tertiary/aromatic N) is 4. The molecule has 0 amide bonds. The lowest BCUT2D eigenvalue weighted by Crippen LogP contribution is -2.20. The summed E-state index contributed by atoms with van der Waals surface area (Å²) in [7, 11) is 1.44. The number of fused-ring (bicyclic) bond motifs is 1. The van der Waals surface area contributed by atoms with Gasteiger partial charge in [-0.1, -0.05) is 40.2 Å². The summed E-state index contributed by atoms with van der Waals surface area (Å²) in [6.45, 7) is 0.0176. The van der Waals surface area contributed by atoms with Gasteiger partial charge in [0.15, 0.2) is 17.3 Å². The molecule has 218 valence electrons. The summed E-state index contributed by atoms with van der Waals surface area (Å²) in [5.74, 6) is 0.469. The van der Waals surface area contributed by atoms with Crippen LogP contribution in [0.25, 0.3) is 22.3 Å². The topological polar surface area (TPSA) is 109 Å². The lowest BCUT2D eigenvalue weighted by Gasteiger charge is -2.15. The van der Waals surface area contributed by atoms with Crippen LogP contribution in [-0.4, -0.2) is 27.9 Å². The third kappa shape index (κ3) is 6.41. The molecule has 0 fully saturated rings. The Morgan fingerprint density at radius 1 is 1.05 bits per heavy atom. The van der Waals surface area contributed by atoms with Crippen molar-refractivity contribution in [2.45, 2.75) is 12.8 Å². The van der Waals surface area contributed by atoms with Gasteiger partial charge in [0.2, 0.25) is 0 Å². The molecule has 0 N–H and O–H groups in total. The molecule has 1 heterocycles. The van der Waals surface area contributed by atoms with E-state index in [0.29, 0.717) is 26.9 Å². The highest BCUT2D eigenvalue weighted by Gasteiger charge is 2.31. The molecule has 0 atom stereocenters. The smallest absolute Gasteiger partial charge is 0.416 e. The van der Waals surface area contributed by atoms with Crippen molar-refractivity contribution in [3.63, 3.8) is 0 Å². The zero-order chi connectivity index (χ0) is 30.7. The van der Waals surface area contributed by atoms with Gasteiger partial charge in [0.25, 0.3) is 11.2 Å². The molecule has 0 radical (unpaired) electrons. The van der Waals surface area contributed by atoms with E-state index in [4.69, 9.17) is 9.47 Å². The molecule has 0 aliphatic carbocycles. The molecule has 5 aromatic rings. The van der Waals surface area contributed by atoms with Crippen LogP contribution in [0.5, 0.6) is 11.5 Å². The van der Waals surface area contributed by atoms with Gasteiger partial charge in [-0.15, -0.1) is 0 Å². The van der Waals surface area contributed by atoms with E-state index in [-0.39, 0.29) is 34.8 Å². The number of non-ortho nitro benzene ring substituents is 1. The summed E-state index contributed by atoms with van der Waals surface area (Å²) < 4.78 is 53.6. The van der Waals surface area contributed by atoms with Gasteiger partial charge >= 0.3 is 6.18 Å². The largest absolute Gasteiger partial charge is 0.493 e. The molecule has 0 aliphatic rings. The van der Waals surface area contributed by atoms with Crippen LogP contribution in [0.15, 0.2) is 99.3 Å². The molecule has 0 bridgehead atoms. The molecule has 0 aliphatic heterocycles. The van der Waals surface area contributed by atoms with Crippen molar-refractivity contribution in [3.8, 4) is 22.9 Å². The fourth-order valence-electron chi connectivity index (χ4n) is 4.23. The first-order valence-electron chi connectivity index (χ1n) is 12.5. The van der Waals surface area contributed by atoms with Crippen molar-refractivity contribution in [3.05, 3.63) is 127 Å². The van der Waals surface area contributed by atoms with Crippen molar-refractivity contribution in [2.75, 3.05) is 7.11 Å². The summed E-state index contributed by atoms with van der Waals surface area (Å²) in [6.07, 6.45) is -3.29. The molecule has 9 nitrogen and oxygen atoms in total. The highest BCUT2D eigenvalue weighted by molar-refractivity contribution is 9.10. The molecule has 4 aromatic carbocycles. The normalized spacial score (nSPS) is 11.7. The molecule has 1 aromatic heterocycles. The van der Waals surface area contributed by atoms with Crippen LogP contribution in [0.4, 0.5) is 18.9 Å². The fourth-order valence-corrected chi connectivity index (χ4v) is 4.69. The lowest BCUT2D eigenvalue weighted by atomic mass is 10.1. The van der Waals surface area contributed by atoms with E-state index in [2.05, 4.69) is 26.0 Å². The minimum absolute atomic E-state index is 0.0176. The number of benzene rings is 4. The first-order valence-corrected chi connectivity index (χ1v) is 13.3. The second-order valence-electron chi connectivity index (χ2n) is 9.13. The van der Waals surface area contributed by atoms with Crippen LogP contribution >= 0.6 is 15.9 Å². The maximum Gasteiger partial charge on any atom is 0.416 e. The number of hydrogen-bond acceptors (Lipinski definition) is 7. The number of rotatable bonds is 8. The predicted octanol–water partition coefficient (Wildman–Crippen LogP) is 7.22. The Labute approximate surface area is 250 Å². The summed E-state index contributed by atoms with van der Waals surface area (Å²) >= 11 is 3.41. The molecule has 0 unspecified atom stereocenters. The number of alkyl halides is 3. The monoisotopic (exact) mass is 652 g/mol. The number of para-hydroxylation sites is 1. The minimum atomic E-state index is -4.61. The summed E-state index contributed by atoms with van der Waals surface area (Å²) in [6, 6.07) is 20.1. The highest BCUT2D eigenvalue weighted by atomic mass is 79.9. The number of nitro benzene ring substituents is 1. The third-order valence-corrected chi connectivity index (χ3v) is 6.77. The van der Waals surface area contributed by atoms with Crippen LogP contribution in [0.3, 0.4) is 0 Å². The predicted molar refractivity (Wildman–Crippen MR) is 158 cm³/mol. The Hall–Kier alpha value is -5.04. The van der Waals surface area contributed by atoms with Crippen LogP contribution in [0.1, 0.15) is 16.7 Å². The average molecular weight is 653 g/mol. The van der Waals surface area contributed by atoms with Gasteiger partial charge in [-0.25, -0.2) is 4.98 Å². The minimum Gasteiger partial charge on any atom is -0.493 e. The zero-order valence-electron chi connectivity index (χ0n) is 22.2. The van der Waals surface area contributed by atoms with E-state index < -0.39 is 22.2 Å². The van der Waals surface area contributed by atoms with Gasteiger partial charge in [0.05, 0.1) is 34.7 Å². The Morgan fingerprint density at radius 2 is 1.79 bits per heavy atom. The third-order valence-electron chi connectivity index (χ3n) is 6.31. The summed E-state index contributed by atoms with van der Waals surface area (Å²) in [5, 5.41) is 15.6. The second-order valence-corrected chi connectivity index (χ2v) is 10.0. The van der Waals surface area contributed by atoms with E-state index in [1.165, 1.54) is 37.6 Å². The maximum absolute atomic E-state index is 13.6. The summed E-state index contributed by atoms with van der Waals surface area (Å²) in [4.78, 5) is 28.5. The van der Waals surface area contributed by atoms with Crippen molar-refractivity contribution in [2.24, 2.45) is 5.10 Å². The average Bonchev–Trinajstić information content (AvgIpc) is 2.99. The number of halogens is 4. The SMILES string of the molecule is COc1cc(Br)cc(C=Nn2c(-c3cccc(C(F)(F)F)c3)nc3ccccc3c2=O)c1OCc1ccc([N+](=O)[O-])cc1. The van der Waals surface area contributed by atoms with Crippen LogP contribution in [0, 0.1) is 10.1 Å². The number of aromatic nitrogens is 2. The molecule has 13 heteroatoms. The van der Waals surface area contributed by atoms with Gasteiger partial charge in [-0.05, 0) is 54.1 Å². The fraction of sp³-hybridized carbons (Fsp3) is 0.100. The van der Waals surface area contributed by atoms with E-state index in [0.717, 1.165) is 16.8 Å². The second kappa shape index (κ2) is 12.1. The van der Waals surface area contributed by atoms with Crippen LogP contribution < -0.4 is 15.0 Å². The van der Waals surface area contributed by atoms with Crippen LogP contribution in [-0.2, 0) is 12.8 Å². The number of ether oxygens (including phenoxy) is 2. The lowest BCUT2D eigenvalue weighted by molar-refractivity contribution is -0.384. The molecule has 43 heavy (non-hydrogen) atoms. The van der Waals surface area contributed by atoms with E-state index in [9.17, 15) is 28.1 Å². The van der Waals surface area contributed by atoms with Gasteiger partial charge < -0.3 is 9.47 Å². The molecular formula is C30H20BrF3N4O5. The Morgan fingerprint density at radius 3 is 2.49 bits per heavy atom. The summed E-state index contributed by atoms with van der Waals surface area (Å²) in [5.41, 5.74) is -0.225. The molecule has 0 spiro atoms. The molecular weight excluding hydrogens is 633 g/mol. The standard InChI is InChI=1S/C30H20BrF3N4O5/c1-42-26-15-22(31)14-20(27(26)43-17-18-9-11-23(12-10-18)38(40)41)16-35-37-28(19-5-4-6-21(13-19)30(32,33)34)36-25-8-3-2-7-24(25)29(37)39/h2-16H,17H2,1H3. The van der Waals surface area contributed by atoms with E-state index in [1.807, 2.05) is 0 Å². The quantitative estimate of drug-likeness (QED) is 0.0994. The van der Waals surface area contributed by atoms with Crippen molar-refractivity contribution in [1.82, 2.24) is 9.66 Å². The molecule has 0 saturated heterocycles. The number of nitro groups is 1. The van der Waals surface area contributed by atoms with Gasteiger partial charge in [0.1, 0.15) is 6.61 Å². The Bertz CT molecular complexity index is 1930. The van der Waals surface area contributed by atoms with Crippen molar-refractivity contribution >= 4 is 38.7 Å². The van der Waals surface area contributed by atoms with Gasteiger partial charge in [0, 0.05) is 27.7 Å². The molecule has 0 saturated carbocycles. The highest BCUT2D eigenvalue weighted by Crippen LogP contribution is 2.35. The number of methoxy groups -OCH3 is 1.